The van der Waals surface area contributed by atoms with E-state index in [9.17, 15) is 0 Å². The van der Waals surface area contributed by atoms with Gasteiger partial charge in [-0.25, -0.2) is 0 Å². The third kappa shape index (κ3) is 7.71. The smallest absolute Gasteiger partial charge is 0.191 e. The molecule has 0 aliphatic carbocycles. The zero-order valence-electron chi connectivity index (χ0n) is 16.6. The Bertz CT molecular complexity index is 702. The van der Waals surface area contributed by atoms with Crippen LogP contribution in [0.2, 0.25) is 0 Å². The summed E-state index contributed by atoms with van der Waals surface area (Å²) in [6, 6.07) is 16.5. The third-order valence-electron chi connectivity index (χ3n) is 4.23. The second kappa shape index (κ2) is 12.0. The van der Waals surface area contributed by atoms with Crippen LogP contribution in [-0.2, 0) is 17.9 Å². The van der Waals surface area contributed by atoms with Crippen molar-refractivity contribution < 1.29 is 9.47 Å². The summed E-state index contributed by atoms with van der Waals surface area (Å²) in [6.45, 7) is 5.03. The average molecular weight is 370 g/mol. The lowest BCUT2D eigenvalue weighted by Gasteiger charge is -2.14. The van der Waals surface area contributed by atoms with Gasteiger partial charge in [-0.3, -0.25) is 4.99 Å². The Morgan fingerprint density at radius 2 is 1.85 bits per heavy atom. The minimum absolute atomic E-state index is 0.670. The van der Waals surface area contributed by atoms with Crippen molar-refractivity contribution in [1.82, 2.24) is 10.6 Å². The van der Waals surface area contributed by atoms with Gasteiger partial charge < -0.3 is 20.1 Å². The van der Waals surface area contributed by atoms with Crippen LogP contribution < -0.4 is 15.4 Å². The van der Waals surface area contributed by atoms with Crippen LogP contribution in [0.25, 0.3) is 0 Å². The SMILES string of the molecule is CN=C(NCCCCOCc1ccccc1)NCc1ccc(C)cc1OC. The molecule has 0 spiro atoms. The van der Waals surface area contributed by atoms with Gasteiger partial charge in [-0.05, 0) is 37.0 Å². The zero-order chi connectivity index (χ0) is 19.3. The molecule has 0 aliphatic rings. The molecule has 5 nitrogen and oxygen atoms in total. The molecule has 5 heteroatoms. The summed E-state index contributed by atoms with van der Waals surface area (Å²) in [6.07, 6.45) is 2.05. The molecule has 2 N–H and O–H groups in total. The number of hydrogen-bond acceptors (Lipinski definition) is 3. The monoisotopic (exact) mass is 369 g/mol. The van der Waals surface area contributed by atoms with Crippen molar-refractivity contribution in [2.24, 2.45) is 4.99 Å². The molecule has 0 fully saturated rings. The number of nitrogens with zero attached hydrogens (tertiary/aromatic N) is 1. The van der Waals surface area contributed by atoms with Gasteiger partial charge in [0.05, 0.1) is 13.7 Å². The molecule has 2 aromatic carbocycles. The molecular formula is C22H31N3O2. The topological polar surface area (TPSA) is 54.9 Å². The normalized spacial score (nSPS) is 11.3. The molecule has 0 bridgehead atoms. The van der Waals surface area contributed by atoms with E-state index in [0.29, 0.717) is 13.2 Å². The van der Waals surface area contributed by atoms with E-state index in [4.69, 9.17) is 9.47 Å². The van der Waals surface area contributed by atoms with Gasteiger partial charge in [0.25, 0.3) is 0 Å². The molecule has 146 valence electrons. The predicted molar refractivity (Wildman–Crippen MR) is 111 cm³/mol. The maximum absolute atomic E-state index is 5.71. The van der Waals surface area contributed by atoms with Crippen molar-refractivity contribution in [2.45, 2.75) is 32.9 Å². The summed E-state index contributed by atoms with van der Waals surface area (Å²) in [7, 11) is 3.48. The van der Waals surface area contributed by atoms with Crippen molar-refractivity contribution in [1.29, 1.82) is 0 Å². The maximum Gasteiger partial charge on any atom is 0.191 e. The molecule has 27 heavy (non-hydrogen) atoms. The number of ether oxygens (including phenoxy) is 2. The van der Waals surface area contributed by atoms with Crippen LogP contribution in [-0.4, -0.2) is 33.3 Å². The minimum Gasteiger partial charge on any atom is -0.496 e. The molecule has 2 aromatic rings. The highest BCUT2D eigenvalue weighted by molar-refractivity contribution is 5.79. The molecule has 0 atom stereocenters. The van der Waals surface area contributed by atoms with Gasteiger partial charge in [0, 0.05) is 32.3 Å². The molecule has 0 unspecified atom stereocenters. The highest BCUT2D eigenvalue weighted by Gasteiger charge is 2.04. The lowest BCUT2D eigenvalue weighted by Crippen LogP contribution is -2.37. The molecule has 0 aliphatic heterocycles. The number of hydrogen-bond donors (Lipinski definition) is 2. The Labute approximate surface area is 162 Å². The number of aryl methyl sites for hydroxylation is 1. The van der Waals surface area contributed by atoms with Gasteiger partial charge in [0.2, 0.25) is 0 Å². The van der Waals surface area contributed by atoms with Gasteiger partial charge in [-0.15, -0.1) is 0 Å². The number of nitrogens with one attached hydrogen (secondary N) is 2. The fourth-order valence-electron chi connectivity index (χ4n) is 2.70. The fraction of sp³-hybridized carbons (Fsp3) is 0.409. The van der Waals surface area contributed by atoms with Crippen molar-refractivity contribution in [3.8, 4) is 5.75 Å². The van der Waals surface area contributed by atoms with Crippen molar-refractivity contribution in [2.75, 3.05) is 27.3 Å². The number of benzene rings is 2. The van der Waals surface area contributed by atoms with Gasteiger partial charge in [0.1, 0.15) is 5.75 Å². The number of guanidine groups is 1. The number of unbranched alkanes of at least 4 members (excludes halogenated alkanes) is 1. The van der Waals surface area contributed by atoms with Gasteiger partial charge in [-0.1, -0.05) is 42.5 Å². The first kappa shape index (κ1) is 20.8. The molecule has 0 saturated carbocycles. The Kier molecular flexibility index (Phi) is 9.21. The molecule has 0 heterocycles. The summed E-state index contributed by atoms with van der Waals surface area (Å²) < 4.78 is 11.2. The van der Waals surface area contributed by atoms with Crippen molar-refractivity contribution >= 4 is 5.96 Å². The van der Waals surface area contributed by atoms with E-state index in [1.54, 1.807) is 14.2 Å². The Morgan fingerprint density at radius 1 is 1.04 bits per heavy atom. The van der Waals surface area contributed by atoms with E-state index in [2.05, 4.69) is 46.8 Å². The first-order valence-corrected chi connectivity index (χ1v) is 9.42. The summed E-state index contributed by atoms with van der Waals surface area (Å²) >= 11 is 0. The van der Waals surface area contributed by atoms with Gasteiger partial charge >= 0.3 is 0 Å². The van der Waals surface area contributed by atoms with Crippen LogP contribution >= 0.6 is 0 Å². The van der Waals surface area contributed by atoms with Crippen LogP contribution in [0.1, 0.15) is 29.5 Å². The predicted octanol–water partition coefficient (Wildman–Crippen LogP) is 3.67. The molecule has 0 aromatic heterocycles. The van der Waals surface area contributed by atoms with Gasteiger partial charge in [-0.2, -0.15) is 0 Å². The van der Waals surface area contributed by atoms with Crippen LogP contribution in [0.5, 0.6) is 5.75 Å². The summed E-state index contributed by atoms with van der Waals surface area (Å²) in [5.41, 5.74) is 3.51. The summed E-state index contributed by atoms with van der Waals surface area (Å²) in [5.74, 6) is 1.69. The highest BCUT2D eigenvalue weighted by Crippen LogP contribution is 2.19. The first-order chi connectivity index (χ1) is 13.2. The van der Waals surface area contributed by atoms with Crippen molar-refractivity contribution in [3.05, 3.63) is 65.2 Å². The van der Waals surface area contributed by atoms with Crippen LogP contribution in [0.15, 0.2) is 53.5 Å². The largest absolute Gasteiger partial charge is 0.496 e. The molecule has 0 saturated heterocycles. The third-order valence-corrected chi connectivity index (χ3v) is 4.23. The Morgan fingerprint density at radius 3 is 2.59 bits per heavy atom. The highest BCUT2D eigenvalue weighted by atomic mass is 16.5. The lowest BCUT2D eigenvalue weighted by molar-refractivity contribution is 0.117. The lowest BCUT2D eigenvalue weighted by atomic mass is 10.1. The Balaban J connectivity index is 1.60. The van der Waals surface area contributed by atoms with Crippen LogP contribution in [0.4, 0.5) is 0 Å². The quantitative estimate of drug-likeness (QED) is 0.381. The molecule has 0 amide bonds. The number of methoxy groups -OCH3 is 1. The standard InChI is InChI=1S/C22H31N3O2/c1-18-11-12-20(21(15-18)26-3)16-25-22(23-2)24-13-7-8-14-27-17-19-9-5-4-6-10-19/h4-6,9-12,15H,7-8,13-14,16-17H2,1-3H3,(H2,23,24,25). The van der Waals surface area contributed by atoms with E-state index in [1.807, 2.05) is 24.3 Å². The average Bonchev–Trinajstić information content (AvgIpc) is 2.71. The number of rotatable bonds is 10. The van der Waals surface area contributed by atoms with E-state index in [0.717, 1.165) is 43.3 Å². The molecule has 0 radical (unpaired) electrons. The van der Waals surface area contributed by atoms with Crippen LogP contribution in [0.3, 0.4) is 0 Å². The summed E-state index contributed by atoms with van der Waals surface area (Å²) in [4.78, 5) is 4.27. The second-order valence-corrected chi connectivity index (χ2v) is 6.41. The maximum atomic E-state index is 5.71. The van der Waals surface area contributed by atoms with Crippen LogP contribution in [0, 0.1) is 6.92 Å². The number of aliphatic imine (C=N–C) groups is 1. The van der Waals surface area contributed by atoms with E-state index < -0.39 is 0 Å². The summed E-state index contributed by atoms with van der Waals surface area (Å²) in [5, 5.41) is 6.67. The molecule has 2 rings (SSSR count). The fourth-order valence-corrected chi connectivity index (χ4v) is 2.70. The minimum atomic E-state index is 0.670. The van der Waals surface area contributed by atoms with E-state index in [-0.39, 0.29) is 0 Å². The van der Waals surface area contributed by atoms with E-state index in [1.165, 1.54) is 11.1 Å². The second-order valence-electron chi connectivity index (χ2n) is 6.41. The van der Waals surface area contributed by atoms with Gasteiger partial charge in [0.15, 0.2) is 5.96 Å². The molecular weight excluding hydrogens is 338 g/mol. The first-order valence-electron chi connectivity index (χ1n) is 9.42. The Hall–Kier alpha value is -2.53. The van der Waals surface area contributed by atoms with E-state index >= 15 is 0 Å². The van der Waals surface area contributed by atoms with Crippen molar-refractivity contribution in [3.63, 3.8) is 0 Å². The zero-order valence-corrected chi connectivity index (χ0v) is 16.6.